The minimum atomic E-state index is -0.1000. The lowest BCUT2D eigenvalue weighted by atomic mass is 10.2. The average Bonchev–Trinajstić information content (AvgIpc) is 3.11. The summed E-state index contributed by atoms with van der Waals surface area (Å²) in [5.41, 5.74) is 2.31. The van der Waals surface area contributed by atoms with E-state index in [1.807, 2.05) is 16.8 Å². The predicted octanol–water partition coefficient (Wildman–Crippen LogP) is 3.16. The van der Waals surface area contributed by atoms with Crippen molar-refractivity contribution in [3.63, 3.8) is 0 Å². The Balaban J connectivity index is 1.84. The quantitative estimate of drug-likeness (QED) is 0.803. The van der Waals surface area contributed by atoms with Crippen LogP contribution in [-0.2, 0) is 11.2 Å². The van der Waals surface area contributed by atoms with E-state index in [0.717, 1.165) is 11.3 Å². The highest BCUT2D eigenvalue weighted by molar-refractivity contribution is 7.08. The number of carbonyl (C=O) groups is 1. The molecule has 2 heterocycles. The summed E-state index contributed by atoms with van der Waals surface area (Å²) in [7, 11) is 0. The van der Waals surface area contributed by atoms with E-state index in [4.69, 9.17) is 11.6 Å². The highest BCUT2D eigenvalue weighted by Crippen LogP contribution is 2.24. The molecule has 1 amide bonds. The van der Waals surface area contributed by atoms with Crippen LogP contribution in [0.5, 0.6) is 0 Å². The van der Waals surface area contributed by atoms with Gasteiger partial charge in [-0.3, -0.25) is 4.79 Å². The molecular weight excluding hydrogens is 308 g/mol. The molecule has 0 fully saturated rings. The van der Waals surface area contributed by atoms with Crippen LogP contribution < -0.4 is 5.32 Å². The van der Waals surface area contributed by atoms with Gasteiger partial charge in [-0.1, -0.05) is 11.6 Å². The topological polar surface area (TPSA) is 59.8 Å². The summed E-state index contributed by atoms with van der Waals surface area (Å²) >= 11 is 7.58. The molecule has 106 valence electrons. The molecule has 0 bridgehead atoms. The van der Waals surface area contributed by atoms with Gasteiger partial charge in [0.1, 0.15) is 12.7 Å². The summed E-state index contributed by atoms with van der Waals surface area (Å²) in [5, 5.41) is 11.4. The Morgan fingerprint density at radius 1 is 1.38 bits per heavy atom. The number of carbonyl (C=O) groups excluding carboxylic acids is 1. The Kier molecular flexibility index (Phi) is 3.98. The largest absolute Gasteiger partial charge is 0.324 e. The molecule has 0 atom stereocenters. The number of hydrogen-bond donors (Lipinski definition) is 1. The van der Waals surface area contributed by atoms with Crippen molar-refractivity contribution in [2.24, 2.45) is 0 Å². The Labute approximate surface area is 130 Å². The molecule has 3 rings (SSSR count). The molecule has 2 aromatic heterocycles. The highest BCUT2D eigenvalue weighted by Gasteiger charge is 2.10. The Bertz CT molecular complexity index is 740. The van der Waals surface area contributed by atoms with Gasteiger partial charge in [0.15, 0.2) is 0 Å². The van der Waals surface area contributed by atoms with Gasteiger partial charge in [0.2, 0.25) is 5.91 Å². The van der Waals surface area contributed by atoms with E-state index in [-0.39, 0.29) is 5.91 Å². The van der Waals surface area contributed by atoms with E-state index >= 15 is 0 Å². The van der Waals surface area contributed by atoms with Crippen molar-refractivity contribution >= 4 is 34.5 Å². The first-order chi connectivity index (χ1) is 10.2. The molecule has 0 radical (unpaired) electrons. The number of benzene rings is 1. The van der Waals surface area contributed by atoms with Crippen LogP contribution in [0.25, 0.3) is 5.69 Å². The van der Waals surface area contributed by atoms with Crippen LogP contribution in [0.2, 0.25) is 5.02 Å². The van der Waals surface area contributed by atoms with Crippen LogP contribution in [0, 0.1) is 0 Å². The summed E-state index contributed by atoms with van der Waals surface area (Å²) in [6, 6.07) is 7.16. The third-order valence-electron chi connectivity index (χ3n) is 2.84. The number of nitrogens with one attached hydrogen (secondary N) is 1. The molecule has 1 N–H and O–H groups in total. The molecule has 0 saturated carbocycles. The van der Waals surface area contributed by atoms with Crippen LogP contribution in [-0.4, -0.2) is 20.7 Å². The van der Waals surface area contributed by atoms with E-state index in [0.29, 0.717) is 17.1 Å². The monoisotopic (exact) mass is 318 g/mol. The Hall–Kier alpha value is -2.18. The lowest BCUT2D eigenvalue weighted by Gasteiger charge is -2.11. The van der Waals surface area contributed by atoms with Gasteiger partial charge in [0, 0.05) is 5.02 Å². The predicted molar refractivity (Wildman–Crippen MR) is 83.0 cm³/mol. The standard InChI is InChI=1S/C14H11ClN4OS/c15-11-1-2-13(19-9-16-8-17-19)12(6-11)18-14(20)5-10-3-4-21-7-10/h1-4,6-9H,5H2,(H,18,20). The fourth-order valence-corrected chi connectivity index (χ4v) is 2.75. The number of anilines is 1. The highest BCUT2D eigenvalue weighted by atomic mass is 35.5. The molecule has 0 aliphatic heterocycles. The van der Waals surface area contributed by atoms with Crippen LogP contribution >= 0.6 is 22.9 Å². The minimum absolute atomic E-state index is 0.1000. The van der Waals surface area contributed by atoms with E-state index < -0.39 is 0 Å². The number of hydrogen-bond acceptors (Lipinski definition) is 4. The van der Waals surface area contributed by atoms with Gasteiger partial charge < -0.3 is 5.32 Å². The van der Waals surface area contributed by atoms with Gasteiger partial charge in [-0.2, -0.15) is 16.4 Å². The summed E-state index contributed by atoms with van der Waals surface area (Å²) in [6.45, 7) is 0. The molecule has 0 unspecified atom stereocenters. The Morgan fingerprint density at radius 3 is 3.00 bits per heavy atom. The number of rotatable bonds is 4. The fraction of sp³-hybridized carbons (Fsp3) is 0.0714. The van der Waals surface area contributed by atoms with Gasteiger partial charge in [-0.05, 0) is 40.6 Å². The van der Waals surface area contributed by atoms with E-state index in [9.17, 15) is 4.79 Å². The molecule has 0 spiro atoms. The van der Waals surface area contributed by atoms with E-state index in [1.54, 1.807) is 40.5 Å². The second kappa shape index (κ2) is 6.07. The second-order valence-electron chi connectivity index (χ2n) is 4.36. The number of nitrogens with zero attached hydrogens (tertiary/aromatic N) is 3. The van der Waals surface area contributed by atoms with Gasteiger partial charge >= 0.3 is 0 Å². The summed E-state index contributed by atoms with van der Waals surface area (Å²) in [4.78, 5) is 16.0. The molecule has 0 aliphatic rings. The van der Waals surface area contributed by atoms with Gasteiger partial charge in [-0.15, -0.1) is 0 Å². The molecule has 0 aliphatic carbocycles. The van der Waals surface area contributed by atoms with E-state index in [1.165, 1.54) is 6.33 Å². The molecule has 21 heavy (non-hydrogen) atoms. The number of halogens is 1. The lowest BCUT2D eigenvalue weighted by molar-refractivity contribution is -0.115. The first-order valence-electron chi connectivity index (χ1n) is 6.18. The zero-order valence-corrected chi connectivity index (χ0v) is 12.4. The molecule has 1 aromatic carbocycles. The third kappa shape index (κ3) is 3.29. The maximum absolute atomic E-state index is 12.1. The zero-order valence-electron chi connectivity index (χ0n) is 10.9. The van der Waals surface area contributed by atoms with Crippen LogP contribution in [0.3, 0.4) is 0 Å². The molecule has 3 aromatic rings. The summed E-state index contributed by atoms with van der Waals surface area (Å²) in [6.07, 6.45) is 3.33. The zero-order chi connectivity index (χ0) is 14.7. The van der Waals surface area contributed by atoms with Crippen LogP contribution in [0.15, 0.2) is 47.7 Å². The van der Waals surface area contributed by atoms with E-state index in [2.05, 4.69) is 15.4 Å². The van der Waals surface area contributed by atoms with Crippen molar-refractivity contribution in [1.82, 2.24) is 14.8 Å². The number of thiophene rings is 1. The van der Waals surface area contributed by atoms with Gasteiger partial charge in [0.25, 0.3) is 0 Å². The molecule has 0 saturated heterocycles. The first kappa shape index (κ1) is 13.8. The van der Waals surface area contributed by atoms with Crippen molar-refractivity contribution < 1.29 is 4.79 Å². The van der Waals surface area contributed by atoms with Crippen molar-refractivity contribution in [2.45, 2.75) is 6.42 Å². The maximum Gasteiger partial charge on any atom is 0.228 e. The third-order valence-corrected chi connectivity index (χ3v) is 3.81. The summed E-state index contributed by atoms with van der Waals surface area (Å²) < 4.78 is 1.58. The van der Waals surface area contributed by atoms with Crippen molar-refractivity contribution in [3.05, 3.63) is 58.3 Å². The molecule has 7 heteroatoms. The average molecular weight is 319 g/mol. The Morgan fingerprint density at radius 2 is 2.29 bits per heavy atom. The molecular formula is C14H11ClN4OS. The van der Waals surface area contributed by atoms with Crippen molar-refractivity contribution in [2.75, 3.05) is 5.32 Å². The van der Waals surface area contributed by atoms with Gasteiger partial charge in [0.05, 0.1) is 17.8 Å². The normalized spacial score (nSPS) is 10.5. The fourth-order valence-electron chi connectivity index (χ4n) is 1.91. The molecule has 5 nitrogen and oxygen atoms in total. The minimum Gasteiger partial charge on any atom is -0.324 e. The number of amides is 1. The van der Waals surface area contributed by atoms with Crippen LogP contribution in [0.1, 0.15) is 5.56 Å². The number of aromatic nitrogens is 3. The smallest absolute Gasteiger partial charge is 0.228 e. The maximum atomic E-state index is 12.1. The summed E-state index contributed by atoms with van der Waals surface area (Å²) in [5.74, 6) is -0.1000. The lowest BCUT2D eigenvalue weighted by Crippen LogP contribution is -2.15. The van der Waals surface area contributed by atoms with Crippen molar-refractivity contribution in [3.8, 4) is 5.69 Å². The van der Waals surface area contributed by atoms with Crippen molar-refractivity contribution in [1.29, 1.82) is 0 Å². The second-order valence-corrected chi connectivity index (χ2v) is 5.57. The first-order valence-corrected chi connectivity index (χ1v) is 7.50. The van der Waals surface area contributed by atoms with Gasteiger partial charge in [-0.25, -0.2) is 9.67 Å². The van der Waals surface area contributed by atoms with Crippen LogP contribution in [0.4, 0.5) is 5.69 Å². The SMILES string of the molecule is O=C(Cc1ccsc1)Nc1cc(Cl)ccc1-n1cncn1.